The molecule has 2 aromatic rings. The molecule has 0 N–H and O–H groups in total. The molecule has 0 spiro atoms. The number of amides is 1. The molecule has 0 radical (unpaired) electrons. The van der Waals surface area contributed by atoms with Crippen molar-refractivity contribution in [2.24, 2.45) is 0 Å². The van der Waals surface area contributed by atoms with E-state index in [4.69, 9.17) is 23.2 Å². The normalized spacial score (nSPS) is 13.3. The molecule has 0 aromatic carbocycles. The maximum Gasteiger partial charge on any atom is 0.257 e. The lowest BCUT2D eigenvalue weighted by atomic mass is 10.2. The van der Waals surface area contributed by atoms with E-state index in [-0.39, 0.29) is 16.2 Å². The Morgan fingerprint density at radius 2 is 2.19 bits per heavy atom. The second kappa shape index (κ2) is 5.61. The van der Waals surface area contributed by atoms with Gasteiger partial charge in [-0.3, -0.25) is 4.79 Å². The lowest BCUT2D eigenvalue weighted by Gasteiger charge is -2.17. The third-order valence-electron chi connectivity index (χ3n) is 3.46. The number of halogens is 2. The summed E-state index contributed by atoms with van der Waals surface area (Å²) in [6.45, 7) is 1.29. The van der Waals surface area contributed by atoms with Gasteiger partial charge >= 0.3 is 0 Å². The smallest absolute Gasteiger partial charge is 0.257 e. The average molecular weight is 326 g/mol. The first kappa shape index (κ1) is 14.3. The average Bonchev–Trinajstić information content (AvgIpc) is 3.03. The molecule has 2 aromatic heterocycles. The van der Waals surface area contributed by atoms with Crippen molar-refractivity contribution in [1.29, 1.82) is 0 Å². The number of hydrogen-bond donors (Lipinski definition) is 0. The summed E-state index contributed by atoms with van der Waals surface area (Å²) in [6.07, 6.45) is 2.01. The minimum Gasteiger partial charge on any atom is -0.334 e. The summed E-state index contributed by atoms with van der Waals surface area (Å²) < 4.78 is 2.06. The van der Waals surface area contributed by atoms with E-state index in [1.54, 1.807) is 24.1 Å². The van der Waals surface area contributed by atoms with Crippen LogP contribution in [0.4, 0.5) is 0 Å². The van der Waals surface area contributed by atoms with Gasteiger partial charge in [0.15, 0.2) is 5.82 Å². The number of carbonyl (C=O) groups excluding carboxylic acids is 1. The number of rotatable bonds is 3. The van der Waals surface area contributed by atoms with Gasteiger partial charge in [-0.15, -0.1) is 10.2 Å². The Labute approximate surface area is 131 Å². The number of aryl methyl sites for hydroxylation is 1. The second-order valence-electron chi connectivity index (χ2n) is 4.92. The molecule has 0 saturated heterocycles. The van der Waals surface area contributed by atoms with Gasteiger partial charge in [-0.1, -0.05) is 23.2 Å². The Bertz CT molecular complexity index is 700. The van der Waals surface area contributed by atoms with Gasteiger partial charge in [0.2, 0.25) is 0 Å². The number of pyridine rings is 1. The first-order valence-corrected chi connectivity index (χ1v) is 7.30. The zero-order valence-corrected chi connectivity index (χ0v) is 12.9. The highest BCUT2D eigenvalue weighted by atomic mass is 35.5. The summed E-state index contributed by atoms with van der Waals surface area (Å²) in [7, 11) is 1.70. The lowest BCUT2D eigenvalue weighted by molar-refractivity contribution is 0.0780. The van der Waals surface area contributed by atoms with Crippen LogP contribution in [0.25, 0.3) is 0 Å². The fourth-order valence-electron chi connectivity index (χ4n) is 2.39. The summed E-state index contributed by atoms with van der Waals surface area (Å²) in [4.78, 5) is 17.8. The molecule has 3 rings (SSSR count). The number of aromatic nitrogens is 4. The Hall–Kier alpha value is -1.66. The Morgan fingerprint density at radius 3 is 2.95 bits per heavy atom. The van der Waals surface area contributed by atoms with Gasteiger partial charge in [0, 0.05) is 20.0 Å². The Balaban J connectivity index is 1.78. The monoisotopic (exact) mass is 325 g/mol. The highest BCUT2D eigenvalue weighted by Crippen LogP contribution is 2.20. The zero-order chi connectivity index (χ0) is 15.0. The van der Waals surface area contributed by atoms with Crippen molar-refractivity contribution in [3.8, 4) is 0 Å². The van der Waals surface area contributed by atoms with Crippen LogP contribution in [0.1, 0.15) is 28.4 Å². The van der Waals surface area contributed by atoms with Crippen molar-refractivity contribution in [3.63, 3.8) is 0 Å². The molecule has 110 valence electrons. The summed E-state index contributed by atoms with van der Waals surface area (Å²) in [5.41, 5.74) is 0.324. The van der Waals surface area contributed by atoms with Crippen LogP contribution >= 0.6 is 23.2 Å². The molecular weight excluding hydrogens is 313 g/mol. The molecule has 0 saturated carbocycles. The third-order valence-corrected chi connectivity index (χ3v) is 3.96. The highest BCUT2D eigenvalue weighted by Gasteiger charge is 2.22. The minimum absolute atomic E-state index is 0.103. The second-order valence-corrected chi connectivity index (χ2v) is 5.67. The van der Waals surface area contributed by atoms with Gasteiger partial charge in [0.05, 0.1) is 12.1 Å². The summed E-state index contributed by atoms with van der Waals surface area (Å²) in [5, 5.41) is 8.63. The Kier molecular flexibility index (Phi) is 3.82. The molecule has 8 heteroatoms. The fraction of sp³-hybridized carbons (Fsp3) is 0.385. The molecular formula is C13H13Cl2N5O. The van der Waals surface area contributed by atoms with Crippen molar-refractivity contribution in [3.05, 3.63) is 39.7 Å². The van der Waals surface area contributed by atoms with Crippen LogP contribution < -0.4 is 0 Å². The number of nitrogens with zero attached hydrogens (tertiary/aromatic N) is 5. The Morgan fingerprint density at radius 1 is 1.38 bits per heavy atom. The van der Waals surface area contributed by atoms with Crippen molar-refractivity contribution in [2.45, 2.75) is 25.9 Å². The molecule has 1 aliphatic rings. The first-order valence-electron chi connectivity index (χ1n) is 6.54. The summed E-state index contributed by atoms with van der Waals surface area (Å²) in [6, 6.07) is 3.12. The van der Waals surface area contributed by atoms with Crippen LogP contribution in [0.15, 0.2) is 12.1 Å². The van der Waals surface area contributed by atoms with Crippen molar-refractivity contribution >= 4 is 29.1 Å². The van der Waals surface area contributed by atoms with Gasteiger partial charge in [0.25, 0.3) is 5.91 Å². The first-order chi connectivity index (χ1) is 10.1. The number of carbonyl (C=O) groups is 1. The summed E-state index contributed by atoms with van der Waals surface area (Å²) >= 11 is 11.7. The molecule has 0 aliphatic carbocycles. The predicted octanol–water partition coefficient (Wildman–Crippen LogP) is 2.20. The SMILES string of the molecule is CN(Cc1nnc2n1CCC2)C(=O)c1ccc(Cl)nc1Cl. The van der Waals surface area contributed by atoms with Crippen molar-refractivity contribution in [1.82, 2.24) is 24.6 Å². The standard InChI is InChI=1S/C13H13Cl2N5O/c1-19(7-11-18-17-10-3-2-6-20(10)11)13(21)8-4-5-9(14)16-12(8)15/h4-5H,2-3,6-7H2,1H3. The van der Waals surface area contributed by atoms with Crippen LogP contribution in [0, 0.1) is 0 Å². The quantitative estimate of drug-likeness (QED) is 0.811. The van der Waals surface area contributed by atoms with E-state index in [2.05, 4.69) is 19.7 Å². The topological polar surface area (TPSA) is 63.9 Å². The van der Waals surface area contributed by atoms with E-state index in [0.29, 0.717) is 12.1 Å². The van der Waals surface area contributed by atoms with Crippen LogP contribution in [-0.4, -0.2) is 37.6 Å². The molecule has 3 heterocycles. The maximum atomic E-state index is 12.4. The zero-order valence-electron chi connectivity index (χ0n) is 11.4. The number of hydrogen-bond acceptors (Lipinski definition) is 4. The van der Waals surface area contributed by atoms with Crippen LogP contribution in [0.3, 0.4) is 0 Å². The number of fused-ring (bicyclic) bond motifs is 1. The van der Waals surface area contributed by atoms with Crippen molar-refractivity contribution < 1.29 is 4.79 Å². The van der Waals surface area contributed by atoms with Gasteiger partial charge in [-0.05, 0) is 18.6 Å². The van der Waals surface area contributed by atoms with Crippen LogP contribution in [-0.2, 0) is 19.5 Å². The molecule has 0 bridgehead atoms. The van der Waals surface area contributed by atoms with Gasteiger partial charge in [0.1, 0.15) is 16.1 Å². The van der Waals surface area contributed by atoms with E-state index < -0.39 is 0 Å². The van der Waals surface area contributed by atoms with Crippen molar-refractivity contribution in [2.75, 3.05) is 7.05 Å². The predicted molar refractivity (Wildman–Crippen MR) is 78.4 cm³/mol. The maximum absolute atomic E-state index is 12.4. The van der Waals surface area contributed by atoms with E-state index in [9.17, 15) is 4.79 Å². The molecule has 6 nitrogen and oxygen atoms in total. The molecule has 1 amide bonds. The van der Waals surface area contributed by atoms with Crippen LogP contribution in [0.5, 0.6) is 0 Å². The van der Waals surface area contributed by atoms with Crippen LogP contribution in [0.2, 0.25) is 10.3 Å². The minimum atomic E-state index is -0.223. The molecule has 21 heavy (non-hydrogen) atoms. The van der Waals surface area contributed by atoms with Gasteiger partial charge in [-0.2, -0.15) is 0 Å². The third kappa shape index (κ3) is 2.73. The highest BCUT2D eigenvalue weighted by molar-refractivity contribution is 6.34. The van der Waals surface area contributed by atoms with E-state index >= 15 is 0 Å². The largest absolute Gasteiger partial charge is 0.334 e. The lowest BCUT2D eigenvalue weighted by Crippen LogP contribution is -2.28. The van der Waals surface area contributed by atoms with E-state index in [1.807, 2.05) is 0 Å². The molecule has 0 atom stereocenters. The van der Waals surface area contributed by atoms with E-state index in [1.165, 1.54) is 0 Å². The molecule has 0 fully saturated rings. The van der Waals surface area contributed by atoms with Gasteiger partial charge < -0.3 is 9.47 Å². The van der Waals surface area contributed by atoms with Gasteiger partial charge in [-0.25, -0.2) is 4.98 Å². The molecule has 1 aliphatic heterocycles. The summed E-state index contributed by atoms with van der Waals surface area (Å²) in [5.74, 6) is 1.55. The van der Waals surface area contributed by atoms with E-state index in [0.717, 1.165) is 31.0 Å². The fourth-order valence-corrected chi connectivity index (χ4v) is 2.81. The molecule has 0 unspecified atom stereocenters.